The SMILES string of the molecule is CCCOC(=O)[C@@H]1CCCCN1C(=O)C(=O)[C@]1(O)OCCC[C@H]1C. The first-order chi connectivity index (χ1) is 11.4. The number of hydrogen-bond acceptors (Lipinski definition) is 6. The number of nitrogens with zero attached hydrogens (tertiary/aromatic N) is 1. The van der Waals surface area contributed by atoms with Crippen molar-refractivity contribution in [2.24, 2.45) is 5.92 Å². The van der Waals surface area contributed by atoms with Gasteiger partial charge in [0.15, 0.2) is 0 Å². The standard InChI is InChI=1S/C17H27NO6/c1-3-10-23-16(21)13-8-4-5-9-18(13)15(20)14(19)17(22)12(2)7-6-11-24-17/h12-13,22H,3-11H2,1-2H3/t12-,13+,17-/m1/s1. The van der Waals surface area contributed by atoms with Crippen LogP contribution in [0, 0.1) is 5.92 Å². The van der Waals surface area contributed by atoms with Crippen LogP contribution < -0.4 is 0 Å². The van der Waals surface area contributed by atoms with Gasteiger partial charge in [0.1, 0.15) is 6.04 Å². The highest BCUT2D eigenvalue weighted by Crippen LogP contribution is 2.31. The molecule has 7 nitrogen and oxygen atoms in total. The first-order valence-corrected chi connectivity index (χ1v) is 8.80. The number of Topliss-reactive ketones (excluding diaryl/α,β-unsaturated/α-hetero) is 1. The summed E-state index contributed by atoms with van der Waals surface area (Å²) in [5, 5.41) is 10.5. The Morgan fingerprint density at radius 1 is 1.25 bits per heavy atom. The number of aliphatic hydroxyl groups is 1. The monoisotopic (exact) mass is 341 g/mol. The molecule has 2 saturated heterocycles. The van der Waals surface area contributed by atoms with E-state index in [-0.39, 0.29) is 13.2 Å². The lowest BCUT2D eigenvalue weighted by molar-refractivity contribution is -0.240. The minimum Gasteiger partial charge on any atom is -0.464 e. The van der Waals surface area contributed by atoms with Gasteiger partial charge in [-0.2, -0.15) is 0 Å². The number of carbonyl (C=O) groups is 3. The molecule has 0 radical (unpaired) electrons. The van der Waals surface area contributed by atoms with Crippen LogP contribution in [0.5, 0.6) is 0 Å². The number of esters is 1. The molecule has 0 aromatic rings. The second kappa shape index (κ2) is 8.07. The Hall–Kier alpha value is -1.47. The van der Waals surface area contributed by atoms with Crippen LogP contribution in [0.1, 0.15) is 52.4 Å². The van der Waals surface area contributed by atoms with Crippen LogP contribution in [-0.4, -0.2) is 59.3 Å². The molecule has 1 N–H and O–H groups in total. The maximum Gasteiger partial charge on any atom is 0.328 e. The fraction of sp³-hybridized carbons (Fsp3) is 0.824. The van der Waals surface area contributed by atoms with Crippen molar-refractivity contribution in [3.8, 4) is 0 Å². The number of carbonyl (C=O) groups excluding carboxylic acids is 3. The van der Waals surface area contributed by atoms with E-state index in [2.05, 4.69) is 0 Å². The lowest BCUT2D eigenvalue weighted by Gasteiger charge is -2.39. The zero-order chi connectivity index (χ0) is 17.7. The first kappa shape index (κ1) is 18.9. The molecule has 7 heteroatoms. The van der Waals surface area contributed by atoms with Crippen LogP contribution in [0.25, 0.3) is 0 Å². The normalized spacial score (nSPS) is 30.7. The largest absolute Gasteiger partial charge is 0.464 e. The number of likely N-dealkylation sites (tertiary alicyclic amines) is 1. The van der Waals surface area contributed by atoms with Crippen molar-refractivity contribution in [2.45, 2.75) is 64.2 Å². The topological polar surface area (TPSA) is 93.1 Å². The lowest BCUT2D eigenvalue weighted by atomic mass is 9.88. The zero-order valence-corrected chi connectivity index (χ0v) is 14.5. The fourth-order valence-corrected chi connectivity index (χ4v) is 3.25. The number of piperidine rings is 1. The average molecular weight is 341 g/mol. The van der Waals surface area contributed by atoms with Crippen molar-refractivity contribution < 1.29 is 29.0 Å². The summed E-state index contributed by atoms with van der Waals surface area (Å²) in [6.45, 7) is 4.41. The molecular weight excluding hydrogens is 314 g/mol. The molecule has 1 amide bonds. The van der Waals surface area contributed by atoms with Crippen LogP contribution in [0.2, 0.25) is 0 Å². The van der Waals surface area contributed by atoms with Crippen molar-refractivity contribution in [3.05, 3.63) is 0 Å². The molecule has 2 rings (SSSR count). The summed E-state index contributed by atoms with van der Waals surface area (Å²) in [6, 6.07) is -0.760. The molecule has 0 aliphatic carbocycles. The molecule has 2 fully saturated rings. The number of ether oxygens (including phenoxy) is 2. The summed E-state index contributed by atoms with van der Waals surface area (Å²) >= 11 is 0. The molecule has 3 atom stereocenters. The highest BCUT2D eigenvalue weighted by molar-refractivity contribution is 6.39. The predicted octanol–water partition coefficient (Wildman–Crippen LogP) is 1.02. The van der Waals surface area contributed by atoms with Crippen molar-refractivity contribution in [3.63, 3.8) is 0 Å². The number of hydrogen-bond donors (Lipinski definition) is 1. The van der Waals surface area contributed by atoms with Gasteiger partial charge in [-0.3, -0.25) is 9.59 Å². The van der Waals surface area contributed by atoms with Gasteiger partial charge in [0.2, 0.25) is 5.79 Å². The molecule has 0 unspecified atom stereocenters. The molecule has 2 heterocycles. The molecule has 2 aliphatic rings. The molecule has 24 heavy (non-hydrogen) atoms. The molecule has 0 spiro atoms. The van der Waals surface area contributed by atoms with E-state index in [1.165, 1.54) is 4.90 Å². The Labute approximate surface area is 142 Å². The predicted molar refractivity (Wildman–Crippen MR) is 84.9 cm³/mol. The number of rotatable bonds is 5. The quantitative estimate of drug-likeness (QED) is 0.593. The Morgan fingerprint density at radius 2 is 2.00 bits per heavy atom. The fourth-order valence-electron chi connectivity index (χ4n) is 3.25. The lowest BCUT2D eigenvalue weighted by Crippen LogP contribution is -2.59. The van der Waals surface area contributed by atoms with Crippen LogP contribution in [0.15, 0.2) is 0 Å². The van der Waals surface area contributed by atoms with E-state index in [9.17, 15) is 19.5 Å². The summed E-state index contributed by atoms with van der Waals surface area (Å²) in [4.78, 5) is 38.7. The van der Waals surface area contributed by atoms with Crippen molar-refractivity contribution in [2.75, 3.05) is 19.8 Å². The second-order valence-electron chi connectivity index (χ2n) is 6.59. The van der Waals surface area contributed by atoms with E-state index in [1.807, 2.05) is 6.92 Å². The Bertz CT molecular complexity index is 493. The van der Waals surface area contributed by atoms with Crippen LogP contribution >= 0.6 is 0 Å². The van der Waals surface area contributed by atoms with Crippen LogP contribution in [-0.2, 0) is 23.9 Å². The van der Waals surface area contributed by atoms with Gasteiger partial charge in [-0.25, -0.2) is 4.79 Å². The van der Waals surface area contributed by atoms with Crippen LogP contribution in [0.3, 0.4) is 0 Å². The van der Waals surface area contributed by atoms with Crippen molar-refractivity contribution in [1.82, 2.24) is 4.90 Å². The van der Waals surface area contributed by atoms with E-state index in [0.29, 0.717) is 32.2 Å². The molecule has 136 valence electrons. The maximum absolute atomic E-state index is 12.7. The van der Waals surface area contributed by atoms with Gasteiger partial charge in [-0.05, 0) is 38.5 Å². The highest BCUT2D eigenvalue weighted by Gasteiger charge is 2.50. The molecule has 0 saturated carbocycles. The highest BCUT2D eigenvalue weighted by atomic mass is 16.6. The van der Waals surface area contributed by atoms with Gasteiger partial charge in [0.25, 0.3) is 11.7 Å². The van der Waals surface area contributed by atoms with Gasteiger partial charge in [0, 0.05) is 12.5 Å². The van der Waals surface area contributed by atoms with E-state index in [4.69, 9.17) is 9.47 Å². The summed E-state index contributed by atoms with van der Waals surface area (Å²) in [6.07, 6.45) is 4.01. The van der Waals surface area contributed by atoms with Gasteiger partial charge < -0.3 is 19.5 Å². The molecular formula is C17H27NO6. The molecule has 0 aromatic carbocycles. The van der Waals surface area contributed by atoms with Crippen molar-refractivity contribution >= 4 is 17.7 Å². The Balaban J connectivity index is 2.12. The smallest absolute Gasteiger partial charge is 0.328 e. The van der Waals surface area contributed by atoms with Gasteiger partial charge in [0.05, 0.1) is 13.2 Å². The van der Waals surface area contributed by atoms with E-state index in [1.54, 1.807) is 6.92 Å². The Kier molecular flexibility index (Phi) is 6.34. The van der Waals surface area contributed by atoms with Gasteiger partial charge in [-0.15, -0.1) is 0 Å². The molecule has 2 aliphatic heterocycles. The van der Waals surface area contributed by atoms with Crippen molar-refractivity contribution in [1.29, 1.82) is 0 Å². The first-order valence-electron chi connectivity index (χ1n) is 8.80. The summed E-state index contributed by atoms with van der Waals surface area (Å²) in [5.74, 6) is -4.88. The summed E-state index contributed by atoms with van der Waals surface area (Å²) < 4.78 is 10.4. The van der Waals surface area contributed by atoms with E-state index >= 15 is 0 Å². The average Bonchev–Trinajstić information content (AvgIpc) is 2.61. The summed E-state index contributed by atoms with van der Waals surface area (Å²) in [7, 11) is 0. The third kappa shape index (κ3) is 3.78. The van der Waals surface area contributed by atoms with Gasteiger partial charge >= 0.3 is 5.97 Å². The van der Waals surface area contributed by atoms with E-state index < -0.39 is 35.4 Å². The molecule has 0 bridgehead atoms. The minimum absolute atomic E-state index is 0.238. The van der Waals surface area contributed by atoms with Gasteiger partial charge in [-0.1, -0.05) is 13.8 Å². The zero-order valence-electron chi connectivity index (χ0n) is 14.5. The Morgan fingerprint density at radius 3 is 2.67 bits per heavy atom. The number of ketones is 1. The summed E-state index contributed by atoms with van der Waals surface area (Å²) in [5.41, 5.74) is 0. The third-order valence-electron chi connectivity index (χ3n) is 4.78. The maximum atomic E-state index is 12.7. The third-order valence-corrected chi connectivity index (χ3v) is 4.78. The molecule has 0 aromatic heterocycles. The number of amides is 1. The van der Waals surface area contributed by atoms with Crippen LogP contribution in [0.4, 0.5) is 0 Å². The minimum atomic E-state index is -2.09. The second-order valence-corrected chi connectivity index (χ2v) is 6.59. The van der Waals surface area contributed by atoms with E-state index in [0.717, 1.165) is 12.8 Å².